The third-order valence-electron chi connectivity index (χ3n) is 7.30. The molecule has 13 heteroatoms. The smallest absolute Gasteiger partial charge is 0.273 e. The molecule has 0 unspecified atom stereocenters. The van der Waals surface area contributed by atoms with E-state index in [0.29, 0.717) is 48.6 Å². The van der Waals surface area contributed by atoms with Gasteiger partial charge in [-0.3, -0.25) is 9.48 Å². The third kappa shape index (κ3) is 5.15. The number of ether oxygens (including phenoxy) is 1. The number of aryl methyl sites for hydroxylation is 2. The summed E-state index contributed by atoms with van der Waals surface area (Å²) in [6.07, 6.45) is 3.60. The number of amides is 1. The molecule has 41 heavy (non-hydrogen) atoms. The molecule has 5 heterocycles. The first-order chi connectivity index (χ1) is 19.8. The molecule has 1 aromatic carbocycles. The molecule has 12 nitrogen and oxygen atoms in total. The lowest BCUT2D eigenvalue weighted by atomic mass is 9.97. The van der Waals surface area contributed by atoms with Crippen LogP contribution in [0.3, 0.4) is 0 Å². The molecular weight excluding hydrogens is 527 g/mol. The fourth-order valence-corrected chi connectivity index (χ4v) is 5.52. The number of benzene rings is 1. The lowest BCUT2D eigenvalue weighted by Gasteiger charge is -2.32. The van der Waals surface area contributed by atoms with Gasteiger partial charge in [-0.25, -0.2) is 14.4 Å². The highest BCUT2D eigenvalue weighted by Gasteiger charge is 2.30. The Bertz CT molecular complexity index is 1610. The molecule has 0 radical (unpaired) electrons. The van der Waals surface area contributed by atoms with Crippen LogP contribution < -0.4 is 20.9 Å². The van der Waals surface area contributed by atoms with Crippen LogP contribution in [-0.2, 0) is 11.3 Å². The maximum absolute atomic E-state index is 15.2. The van der Waals surface area contributed by atoms with E-state index in [9.17, 15) is 4.79 Å². The standard InChI is InChI=1S/C28H31FN10O2/c1-15-9-24(33-16(2)32-15)35-25-12-21(26(37-36-25)28(40)30-3)34-22-11-17(29)10-19-20-13-31-39(18-5-7-41-8-6-18)23(20)14-38(4)27(19)22/h9-13,18H,5-8,14H2,1-4H3,(H,30,40)(H2,32,33,34,35,36). The minimum absolute atomic E-state index is 0.0672. The lowest BCUT2D eigenvalue weighted by molar-refractivity contribution is 0.0654. The van der Waals surface area contributed by atoms with Gasteiger partial charge in [0.2, 0.25) is 0 Å². The molecule has 4 aromatic rings. The van der Waals surface area contributed by atoms with Gasteiger partial charge in [-0.05, 0) is 38.8 Å². The minimum atomic E-state index is -0.432. The van der Waals surface area contributed by atoms with Crippen molar-refractivity contribution in [3.05, 3.63) is 59.2 Å². The SMILES string of the molecule is CNC(=O)c1nnc(Nc2cc(C)nc(C)n2)cc1Nc1cc(F)cc2c1N(C)Cc1c-2cnn1C1CCOCC1. The van der Waals surface area contributed by atoms with Crippen molar-refractivity contribution in [2.45, 2.75) is 39.3 Å². The second-order valence-electron chi connectivity index (χ2n) is 10.3. The Morgan fingerprint density at radius 1 is 1.00 bits per heavy atom. The third-order valence-corrected chi connectivity index (χ3v) is 7.30. The van der Waals surface area contributed by atoms with Crippen molar-refractivity contribution in [2.75, 3.05) is 42.8 Å². The van der Waals surface area contributed by atoms with E-state index < -0.39 is 11.7 Å². The molecule has 0 bridgehead atoms. The summed E-state index contributed by atoms with van der Waals surface area (Å²) < 4.78 is 22.8. The molecule has 0 spiro atoms. The molecule has 2 aliphatic heterocycles. The van der Waals surface area contributed by atoms with Gasteiger partial charge < -0.3 is 25.6 Å². The molecule has 0 saturated carbocycles. The second-order valence-corrected chi connectivity index (χ2v) is 10.3. The Morgan fingerprint density at radius 2 is 1.80 bits per heavy atom. The van der Waals surface area contributed by atoms with Crippen molar-refractivity contribution in [1.29, 1.82) is 0 Å². The van der Waals surface area contributed by atoms with E-state index in [1.165, 1.54) is 19.2 Å². The average molecular weight is 559 g/mol. The number of carbonyl (C=O) groups is 1. The molecule has 3 aromatic heterocycles. The molecule has 0 atom stereocenters. The Kier molecular flexibility index (Phi) is 6.95. The molecule has 3 N–H and O–H groups in total. The van der Waals surface area contributed by atoms with Crippen LogP contribution in [0.1, 0.15) is 46.6 Å². The predicted molar refractivity (Wildman–Crippen MR) is 152 cm³/mol. The maximum atomic E-state index is 15.2. The summed E-state index contributed by atoms with van der Waals surface area (Å²) in [5, 5.41) is 22.1. The number of hydrogen-bond donors (Lipinski definition) is 3. The van der Waals surface area contributed by atoms with Crippen molar-refractivity contribution in [1.82, 2.24) is 35.3 Å². The van der Waals surface area contributed by atoms with Crippen LogP contribution in [0.4, 0.5) is 33.1 Å². The number of carbonyl (C=O) groups excluding carboxylic acids is 1. The van der Waals surface area contributed by atoms with E-state index in [-0.39, 0.29) is 11.7 Å². The first kappa shape index (κ1) is 26.6. The Balaban J connectivity index is 1.39. The Hall–Kier alpha value is -4.65. The minimum Gasteiger partial charge on any atom is -0.381 e. The fourth-order valence-electron chi connectivity index (χ4n) is 5.52. The van der Waals surface area contributed by atoms with Gasteiger partial charge in [-0.2, -0.15) is 5.10 Å². The van der Waals surface area contributed by atoms with Gasteiger partial charge in [0.25, 0.3) is 5.91 Å². The van der Waals surface area contributed by atoms with Gasteiger partial charge in [0, 0.05) is 56.3 Å². The number of anilines is 5. The van der Waals surface area contributed by atoms with Crippen LogP contribution in [0.25, 0.3) is 11.1 Å². The summed E-state index contributed by atoms with van der Waals surface area (Å²) in [7, 11) is 3.48. The number of halogens is 1. The van der Waals surface area contributed by atoms with E-state index in [4.69, 9.17) is 9.84 Å². The first-order valence-corrected chi connectivity index (χ1v) is 13.5. The van der Waals surface area contributed by atoms with E-state index >= 15 is 4.39 Å². The van der Waals surface area contributed by atoms with Crippen molar-refractivity contribution >= 4 is 34.6 Å². The monoisotopic (exact) mass is 558 g/mol. The van der Waals surface area contributed by atoms with Crippen LogP contribution in [0.2, 0.25) is 0 Å². The van der Waals surface area contributed by atoms with Gasteiger partial charge in [0.15, 0.2) is 11.5 Å². The largest absolute Gasteiger partial charge is 0.381 e. The van der Waals surface area contributed by atoms with Crippen molar-refractivity contribution in [2.24, 2.45) is 0 Å². The molecule has 212 valence electrons. The summed E-state index contributed by atoms with van der Waals surface area (Å²) >= 11 is 0. The molecule has 1 saturated heterocycles. The number of aromatic nitrogens is 6. The van der Waals surface area contributed by atoms with Crippen molar-refractivity contribution < 1.29 is 13.9 Å². The van der Waals surface area contributed by atoms with Gasteiger partial charge in [0.1, 0.15) is 17.5 Å². The van der Waals surface area contributed by atoms with Crippen molar-refractivity contribution in [3.63, 3.8) is 0 Å². The van der Waals surface area contributed by atoms with Crippen LogP contribution in [0, 0.1) is 19.7 Å². The summed E-state index contributed by atoms with van der Waals surface area (Å²) in [6.45, 7) is 5.67. The fraction of sp³-hybridized carbons (Fsp3) is 0.357. The van der Waals surface area contributed by atoms with Crippen LogP contribution in [0.15, 0.2) is 30.5 Å². The molecule has 1 fully saturated rings. The highest BCUT2D eigenvalue weighted by Crippen LogP contribution is 2.45. The topological polar surface area (TPSA) is 135 Å². The van der Waals surface area contributed by atoms with E-state index in [0.717, 1.165) is 41.0 Å². The van der Waals surface area contributed by atoms with Crippen molar-refractivity contribution in [3.8, 4) is 11.1 Å². The molecule has 1 amide bonds. The van der Waals surface area contributed by atoms with Gasteiger partial charge in [-0.15, -0.1) is 10.2 Å². The zero-order chi connectivity index (χ0) is 28.7. The number of hydrogen-bond acceptors (Lipinski definition) is 10. The van der Waals surface area contributed by atoms with Crippen LogP contribution in [0.5, 0.6) is 0 Å². The van der Waals surface area contributed by atoms with E-state index in [2.05, 4.69) is 45.7 Å². The molecular formula is C28H31FN10O2. The molecule has 6 rings (SSSR count). The summed E-state index contributed by atoms with van der Waals surface area (Å²) in [5.41, 5.74) is 5.16. The first-order valence-electron chi connectivity index (χ1n) is 13.5. The maximum Gasteiger partial charge on any atom is 0.273 e. The number of rotatable bonds is 6. The Labute approximate surface area is 236 Å². The zero-order valence-corrected chi connectivity index (χ0v) is 23.3. The highest BCUT2D eigenvalue weighted by atomic mass is 19.1. The highest BCUT2D eigenvalue weighted by molar-refractivity contribution is 6.00. The van der Waals surface area contributed by atoms with E-state index in [1.807, 2.05) is 20.2 Å². The quantitative estimate of drug-likeness (QED) is 0.318. The number of fused-ring (bicyclic) bond motifs is 3. The Morgan fingerprint density at radius 3 is 2.56 bits per heavy atom. The second kappa shape index (κ2) is 10.7. The summed E-state index contributed by atoms with van der Waals surface area (Å²) in [5.74, 6) is 0.657. The summed E-state index contributed by atoms with van der Waals surface area (Å²) in [4.78, 5) is 23.5. The molecule has 0 aliphatic carbocycles. The lowest BCUT2D eigenvalue weighted by Crippen LogP contribution is -2.28. The van der Waals surface area contributed by atoms with Gasteiger partial charge in [0.05, 0.1) is 41.5 Å². The van der Waals surface area contributed by atoms with Crippen LogP contribution in [-0.4, -0.2) is 63.2 Å². The average Bonchev–Trinajstić information content (AvgIpc) is 3.36. The van der Waals surface area contributed by atoms with Gasteiger partial charge in [-0.1, -0.05) is 0 Å². The number of nitrogens with one attached hydrogen (secondary N) is 3. The van der Waals surface area contributed by atoms with Gasteiger partial charge >= 0.3 is 0 Å². The normalized spacial score (nSPS) is 14.8. The van der Waals surface area contributed by atoms with E-state index in [1.54, 1.807) is 19.1 Å². The number of nitrogens with zero attached hydrogens (tertiary/aromatic N) is 7. The summed E-state index contributed by atoms with van der Waals surface area (Å²) in [6, 6.07) is 6.63. The zero-order valence-electron chi connectivity index (χ0n) is 23.3. The predicted octanol–water partition coefficient (Wildman–Crippen LogP) is 4.03. The molecule has 2 aliphatic rings. The van der Waals surface area contributed by atoms with Crippen LogP contribution >= 0.6 is 0 Å².